The molecular formula is C105H101BrF7N5O9S10. The van der Waals surface area contributed by atoms with Gasteiger partial charge in [0.05, 0.1) is 58.9 Å². The second kappa shape index (κ2) is 49.9. The Morgan fingerprint density at radius 2 is 0.788 bits per heavy atom. The number of halogens is 8. The first-order valence-electron chi connectivity index (χ1n) is 42.3. The fraction of sp³-hybridized carbons (Fsp3) is 0.200. The number of aromatic carboxylic acids is 1. The number of nitrogens with one attached hydrogen (secondary N) is 2. The highest BCUT2D eigenvalue weighted by Gasteiger charge is 2.32. The normalized spacial score (nSPS) is 12.8. The molecule has 6 heterocycles. The lowest BCUT2D eigenvalue weighted by molar-refractivity contribution is -0.138. The molecule has 6 unspecified atom stereocenters. The lowest BCUT2D eigenvalue weighted by Crippen LogP contribution is -2.34. The zero-order valence-corrected chi connectivity index (χ0v) is 86.4. The zero-order chi connectivity index (χ0) is 99.7. The van der Waals surface area contributed by atoms with E-state index in [2.05, 4.69) is 156 Å². The van der Waals surface area contributed by atoms with Crippen LogP contribution in [0.15, 0.2) is 308 Å². The third-order valence-electron chi connectivity index (χ3n) is 20.1. The SMILES string of the molecule is Brc1cccc2ccsc12.CC(C)(C)S(=O)N=Cc1cccc2ccsc12.CC(C)(C)S(N)=O.CC(N)c1cccc2ccsc12.CC(NC(=O)c1ccc2c(Oc3ccc(C(F)(F)F)cc3)cccc2c1)c1cccc2ccsc12.CC(NS(=O)C(C)(C)C)c1cccc2ccsc12.CSF.O=C(O)c1ccc2c(Oc3ccc(C(F)(F)F)cc3)cccc2c1.O=Cc1cccc2ccsc12. The van der Waals surface area contributed by atoms with Crippen LogP contribution in [0.2, 0.25) is 0 Å². The summed E-state index contributed by atoms with van der Waals surface area (Å²) in [6.45, 7) is 23.3. The molecule has 0 saturated heterocycles. The molecule has 18 aromatic rings. The summed E-state index contributed by atoms with van der Waals surface area (Å²) in [5.41, 5.74) is 10.4. The maximum Gasteiger partial charge on any atom is 0.416 e. The minimum absolute atomic E-state index is 0.0902. The highest BCUT2D eigenvalue weighted by atomic mass is 79.9. The quantitative estimate of drug-likeness (QED) is 0.0368. The molecule has 12 aromatic carbocycles. The van der Waals surface area contributed by atoms with Gasteiger partial charge in [0.2, 0.25) is 0 Å². The van der Waals surface area contributed by atoms with Crippen molar-refractivity contribution in [2.45, 2.75) is 128 Å². The molecule has 6 aromatic heterocycles. The van der Waals surface area contributed by atoms with Crippen LogP contribution in [-0.4, -0.2) is 62.6 Å². The first-order valence-corrected chi connectivity index (χ1v) is 53.0. The average molecular weight is 2110 g/mol. The van der Waals surface area contributed by atoms with Crippen LogP contribution >= 0.6 is 96.1 Å². The Hall–Kier alpha value is -10.5. The number of benzene rings is 12. The summed E-state index contributed by atoms with van der Waals surface area (Å²) in [7, 11) is -3.42. The van der Waals surface area contributed by atoms with Crippen molar-refractivity contribution in [3.05, 3.63) is 354 Å². The van der Waals surface area contributed by atoms with Crippen molar-refractivity contribution in [3.63, 3.8) is 0 Å². The van der Waals surface area contributed by atoms with Crippen LogP contribution in [-0.2, 0) is 45.3 Å². The van der Waals surface area contributed by atoms with E-state index >= 15 is 0 Å². The summed E-state index contributed by atoms with van der Waals surface area (Å²) in [4.78, 5) is 34.5. The summed E-state index contributed by atoms with van der Waals surface area (Å²) in [6.07, 6.45) is -4.80. The van der Waals surface area contributed by atoms with Gasteiger partial charge in [-0.2, -0.15) is 34.6 Å². The van der Waals surface area contributed by atoms with Gasteiger partial charge in [-0.15, -0.1) is 68.0 Å². The number of carbonyl (C=O) groups excluding carboxylic acids is 2. The smallest absolute Gasteiger partial charge is 0.416 e. The predicted molar refractivity (Wildman–Crippen MR) is 572 cm³/mol. The van der Waals surface area contributed by atoms with Crippen LogP contribution < -0.4 is 30.4 Å². The number of hydrogen-bond acceptors (Lipinski definition) is 16. The monoisotopic (exact) mass is 2110 g/mol. The Kier molecular flexibility index (Phi) is 39.5. The topological polar surface area (TPSA) is 230 Å². The van der Waals surface area contributed by atoms with Gasteiger partial charge < -0.3 is 25.6 Å². The van der Waals surface area contributed by atoms with Crippen LogP contribution in [0, 0.1) is 0 Å². The van der Waals surface area contributed by atoms with Gasteiger partial charge in [-0.25, -0.2) is 22.1 Å². The molecular weight excluding hydrogens is 2010 g/mol. The molecule has 0 aliphatic heterocycles. The molecule has 716 valence electrons. The fourth-order valence-electron chi connectivity index (χ4n) is 12.9. The number of carboxylic acid groups (broad SMARTS) is 1. The Balaban J connectivity index is 0.000000168. The Morgan fingerprint density at radius 1 is 0.445 bits per heavy atom. The standard InChI is InChI=1S/C28H20F3NO2S.C18H11F3O3.C14H19NOS2.C13H15NOS2.C10H11NS.C9H6OS.C8H5BrS.C4H11NOS.CH3FS/c1-17(23-6-2-4-18-14-15-35-26(18)23)32-27(33)20-8-13-24-19(16-20)5-3-7-25(24)34-22-11-9-21(10-12-22)28(29,30)31;19-18(20,21)13-5-7-14(8-6-13)24-16-3-1-2-11-10-12(17(22)23)4-9-15(11)16;1-10(15-18(16)14(2,3)4)12-7-5-6-11-8-9-17-13(11)12;1-13(2,3)17(15)14-9-11-6-4-5-10-7-8-16-12(10)11;1-7(11)9-4-2-3-8-5-6-12-10(8)9;10-6-8-3-1-2-7-4-5-11-9(7)8;9-7-3-1-2-6-4-5-10-8(6)7;1-4(2,3)7(5)6;1-3-2/h2-17H,1H3,(H,32,33);1-10H,(H,22,23);5-10,15H,1-4H3;4-9H,1-3H3;2-7H,11H2,1H3;1-6H;1-5H;5H2,1-3H3;1H3. The maximum atomic E-state index is 13.0. The summed E-state index contributed by atoms with van der Waals surface area (Å²) < 4.78 is 147. The number of alkyl halides is 6. The van der Waals surface area contributed by atoms with Gasteiger partial charge in [0.1, 0.15) is 34.0 Å². The highest BCUT2D eigenvalue weighted by Crippen LogP contribution is 2.40. The van der Waals surface area contributed by atoms with E-state index in [4.69, 9.17) is 25.5 Å². The molecule has 137 heavy (non-hydrogen) atoms. The lowest BCUT2D eigenvalue weighted by Gasteiger charge is -2.22. The number of nitrogens with two attached hydrogens (primary N) is 2. The number of amides is 1. The zero-order valence-electron chi connectivity index (χ0n) is 76.7. The second-order valence-electron chi connectivity index (χ2n) is 33.4. The fourth-order valence-corrected chi connectivity index (χ4v) is 20.5. The van der Waals surface area contributed by atoms with Gasteiger partial charge in [-0.3, -0.25) is 14.7 Å². The number of rotatable bonds is 15. The first kappa shape index (κ1) is 108. The van der Waals surface area contributed by atoms with E-state index in [9.17, 15) is 57.2 Å². The van der Waals surface area contributed by atoms with Crippen molar-refractivity contribution in [3.8, 4) is 23.0 Å². The van der Waals surface area contributed by atoms with Crippen LogP contribution in [0.1, 0.15) is 166 Å². The number of fused-ring (bicyclic) bond motifs is 8. The highest BCUT2D eigenvalue weighted by molar-refractivity contribution is 9.10. The maximum absolute atomic E-state index is 13.0. The summed E-state index contributed by atoms with van der Waals surface area (Å²) in [6, 6.07) is 78.6. The second-order valence-corrected chi connectivity index (χ2v) is 45.8. The predicted octanol–water partition coefficient (Wildman–Crippen LogP) is 32.4. The van der Waals surface area contributed by atoms with E-state index in [1.54, 1.807) is 129 Å². The molecule has 0 fully saturated rings. The molecule has 6 atom stereocenters. The number of thiophene rings is 6. The molecule has 32 heteroatoms. The van der Waals surface area contributed by atoms with Crippen LogP contribution in [0.4, 0.5) is 30.2 Å². The third-order valence-corrected chi connectivity index (χ3v) is 31.2. The van der Waals surface area contributed by atoms with Crippen molar-refractivity contribution in [1.29, 1.82) is 0 Å². The lowest BCUT2D eigenvalue weighted by atomic mass is 10.0. The summed E-state index contributed by atoms with van der Waals surface area (Å²) >= 11 is 13.9. The average Bonchev–Trinajstić information content (AvgIpc) is 1.80. The molecule has 0 aliphatic rings. The Labute approximate surface area is 836 Å². The number of hydrogen-bond donors (Lipinski definition) is 5. The molecule has 0 aliphatic carbocycles. The van der Waals surface area contributed by atoms with Crippen molar-refractivity contribution in [2.24, 2.45) is 15.3 Å². The summed E-state index contributed by atoms with van der Waals surface area (Å²) in [5.74, 6) is 0.255. The minimum Gasteiger partial charge on any atom is -0.478 e. The van der Waals surface area contributed by atoms with Crippen LogP contribution in [0.5, 0.6) is 23.0 Å². The van der Waals surface area contributed by atoms with Crippen LogP contribution in [0.3, 0.4) is 0 Å². The molecule has 0 bridgehead atoms. The minimum atomic E-state index is -4.40. The van der Waals surface area contributed by atoms with Crippen molar-refractivity contribution >= 4 is 235 Å². The molecule has 0 radical (unpaired) electrons. The number of carbonyl (C=O) groups is 3. The molecule has 14 nitrogen and oxygen atoms in total. The van der Waals surface area contributed by atoms with Crippen molar-refractivity contribution < 1.29 is 71.8 Å². The van der Waals surface area contributed by atoms with E-state index < -0.39 is 62.4 Å². The van der Waals surface area contributed by atoms with Gasteiger partial charge in [-0.05, 0) is 331 Å². The van der Waals surface area contributed by atoms with E-state index in [0.29, 0.717) is 33.6 Å². The number of aldehydes is 1. The largest absolute Gasteiger partial charge is 0.478 e. The van der Waals surface area contributed by atoms with E-state index in [1.165, 1.54) is 98.6 Å². The van der Waals surface area contributed by atoms with E-state index in [0.717, 1.165) is 78.2 Å². The Morgan fingerprint density at radius 3 is 1.18 bits per heavy atom. The molecule has 7 N–H and O–H groups in total. The van der Waals surface area contributed by atoms with E-state index in [-0.39, 0.29) is 61.7 Å². The van der Waals surface area contributed by atoms with Gasteiger partial charge >= 0.3 is 18.3 Å². The molecule has 0 spiro atoms. The van der Waals surface area contributed by atoms with Crippen molar-refractivity contribution in [2.75, 3.05) is 6.26 Å². The summed E-state index contributed by atoms with van der Waals surface area (Å²) in [5, 5.41) is 39.8. The third kappa shape index (κ3) is 31.0. The van der Waals surface area contributed by atoms with Gasteiger partial charge in [0.15, 0.2) is 6.29 Å². The Bertz CT molecular complexity index is 7200. The van der Waals surface area contributed by atoms with E-state index in [1.807, 2.05) is 142 Å². The molecule has 18 rings (SSSR count). The number of ether oxygens (including phenoxy) is 2. The van der Waals surface area contributed by atoms with Crippen LogP contribution in [0.25, 0.3) is 82.1 Å². The molecule has 0 saturated carbocycles. The first-order chi connectivity index (χ1) is 64.9. The van der Waals surface area contributed by atoms with Gasteiger partial charge in [0, 0.05) is 96.8 Å². The number of nitrogens with zero attached hydrogens (tertiary/aromatic N) is 1. The number of carboxylic acids is 1. The van der Waals surface area contributed by atoms with Gasteiger partial charge in [0.25, 0.3) is 5.91 Å². The molecule has 1 amide bonds. The van der Waals surface area contributed by atoms with Gasteiger partial charge in [-0.1, -0.05) is 127 Å². The van der Waals surface area contributed by atoms with Crippen molar-refractivity contribution in [1.82, 2.24) is 10.0 Å².